The first kappa shape index (κ1) is 16.6. The fourth-order valence-electron chi connectivity index (χ4n) is 2.14. The van der Waals surface area contributed by atoms with Crippen molar-refractivity contribution in [3.8, 4) is 0 Å². The smallest absolute Gasteiger partial charge is 0.236 e. The summed E-state index contributed by atoms with van der Waals surface area (Å²) in [5.74, 6) is -3.00. The van der Waals surface area contributed by atoms with Crippen molar-refractivity contribution in [1.29, 1.82) is 0 Å². The van der Waals surface area contributed by atoms with Crippen LogP contribution in [-0.4, -0.2) is 18.4 Å². The zero-order valence-electron chi connectivity index (χ0n) is 12.6. The van der Waals surface area contributed by atoms with E-state index in [9.17, 15) is 18.4 Å². The van der Waals surface area contributed by atoms with Crippen LogP contribution in [0.4, 0.5) is 20.2 Å². The van der Waals surface area contributed by atoms with E-state index in [1.54, 1.807) is 31.2 Å². The van der Waals surface area contributed by atoms with Crippen molar-refractivity contribution < 1.29 is 18.4 Å². The van der Waals surface area contributed by atoms with E-state index in [0.29, 0.717) is 12.2 Å². The molecular weight excluding hydrogens is 302 g/mol. The Labute approximate surface area is 132 Å². The average Bonchev–Trinajstić information content (AvgIpc) is 2.53. The summed E-state index contributed by atoms with van der Waals surface area (Å²) in [7, 11) is 0. The Bertz CT molecular complexity index is 685. The molecule has 1 N–H and O–H groups in total. The molecule has 0 unspecified atom stereocenters. The molecule has 2 amide bonds. The molecule has 0 aliphatic carbocycles. The van der Waals surface area contributed by atoms with Gasteiger partial charge in [-0.2, -0.15) is 0 Å². The molecule has 0 fully saturated rings. The summed E-state index contributed by atoms with van der Waals surface area (Å²) in [6, 6.07) is 12.1. The van der Waals surface area contributed by atoms with Crippen LogP contribution >= 0.6 is 0 Å². The Kier molecular flexibility index (Phi) is 5.41. The van der Waals surface area contributed by atoms with Gasteiger partial charge in [0.15, 0.2) is 0 Å². The van der Waals surface area contributed by atoms with Crippen LogP contribution in [0, 0.1) is 11.6 Å². The highest BCUT2D eigenvalue weighted by Crippen LogP contribution is 2.19. The lowest BCUT2D eigenvalue weighted by Gasteiger charge is -2.20. The lowest BCUT2D eigenvalue weighted by Crippen LogP contribution is -2.33. The molecule has 0 saturated carbocycles. The number of nitrogens with zero attached hydrogens (tertiary/aromatic N) is 1. The number of hydrogen-bond acceptors (Lipinski definition) is 2. The summed E-state index contributed by atoms with van der Waals surface area (Å²) < 4.78 is 27.0. The van der Waals surface area contributed by atoms with Gasteiger partial charge in [-0.05, 0) is 31.2 Å². The predicted octanol–water partition coefficient (Wildman–Crippen LogP) is 3.35. The van der Waals surface area contributed by atoms with Crippen LogP contribution < -0.4 is 10.2 Å². The molecule has 6 heteroatoms. The second kappa shape index (κ2) is 7.49. The van der Waals surface area contributed by atoms with Gasteiger partial charge in [0.05, 0.1) is 0 Å². The van der Waals surface area contributed by atoms with Crippen molar-refractivity contribution in [1.82, 2.24) is 0 Å². The van der Waals surface area contributed by atoms with E-state index in [1.807, 2.05) is 6.07 Å². The van der Waals surface area contributed by atoms with E-state index in [2.05, 4.69) is 5.32 Å². The Morgan fingerprint density at radius 3 is 2.17 bits per heavy atom. The van der Waals surface area contributed by atoms with E-state index in [0.717, 1.165) is 12.1 Å². The largest absolute Gasteiger partial charge is 0.321 e. The number of nitrogens with one attached hydrogen (secondary N) is 1. The van der Waals surface area contributed by atoms with Crippen molar-refractivity contribution in [2.24, 2.45) is 0 Å². The van der Waals surface area contributed by atoms with Crippen LogP contribution in [0.15, 0.2) is 48.5 Å². The lowest BCUT2D eigenvalue weighted by molar-refractivity contribution is -0.125. The average molecular weight is 318 g/mol. The summed E-state index contributed by atoms with van der Waals surface area (Å²) in [5, 5.41) is 2.10. The maximum Gasteiger partial charge on any atom is 0.236 e. The third-order valence-corrected chi connectivity index (χ3v) is 3.22. The maximum absolute atomic E-state index is 13.5. The minimum Gasteiger partial charge on any atom is -0.321 e. The van der Waals surface area contributed by atoms with Gasteiger partial charge in [0, 0.05) is 12.2 Å². The quantitative estimate of drug-likeness (QED) is 0.860. The van der Waals surface area contributed by atoms with E-state index in [1.165, 1.54) is 11.0 Å². The molecular formula is C17H16F2N2O2. The Morgan fingerprint density at radius 2 is 1.61 bits per heavy atom. The topological polar surface area (TPSA) is 49.4 Å². The van der Waals surface area contributed by atoms with Crippen molar-refractivity contribution in [2.75, 3.05) is 16.8 Å². The first-order chi connectivity index (χ1) is 11.0. The molecule has 0 atom stereocenters. The molecule has 0 aliphatic rings. The second-order valence-electron chi connectivity index (χ2n) is 4.80. The first-order valence-corrected chi connectivity index (χ1v) is 7.12. The Balaban J connectivity index is 2.06. The van der Waals surface area contributed by atoms with Crippen LogP contribution in [0.1, 0.15) is 13.3 Å². The van der Waals surface area contributed by atoms with Gasteiger partial charge in [0.25, 0.3) is 0 Å². The summed E-state index contributed by atoms with van der Waals surface area (Å²) >= 11 is 0. The molecule has 0 bridgehead atoms. The summed E-state index contributed by atoms with van der Waals surface area (Å²) in [4.78, 5) is 25.5. The molecule has 2 aromatic rings. The van der Waals surface area contributed by atoms with Gasteiger partial charge in [0.1, 0.15) is 23.7 Å². The normalized spacial score (nSPS) is 10.2. The number of benzene rings is 2. The van der Waals surface area contributed by atoms with Gasteiger partial charge in [0.2, 0.25) is 11.8 Å². The number of amides is 2. The highest BCUT2D eigenvalue weighted by molar-refractivity contribution is 6.09. The Morgan fingerprint density at radius 1 is 1.00 bits per heavy atom. The first-order valence-electron chi connectivity index (χ1n) is 7.12. The minimum absolute atomic E-state index is 0.379. The number of hydrogen-bond donors (Lipinski definition) is 1. The molecule has 0 radical (unpaired) electrons. The number of rotatable bonds is 5. The van der Waals surface area contributed by atoms with Crippen LogP contribution in [0.2, 0.25) is 0 Å². The summed E-state index contributed by atoms with van der Waals surface area (Å²) in [5.41, 5.74) is 0.109. The monoisotopic (exact) mass is 318 g/mol. The van der Waals surface area contributed by atoms with E-state index < -0.39 is 35.6 Å². The molecule has 2 rings (SSSR count). The standard InChI is InChI=1S/C17H16F2N2O2/c1-2-21(12-7-4-3-5-8-12)16(23)11-15(22)20-17-13(18)9-6-10-14(17)19/h3-10H,2,11H2,1H3,(H,20,22). The van der Waals surface area contributed by atoms with E-state index in [4.69, 9.17) is 0 Å². The van der Waals surface area contributed by atoms with Gasteiger partial charge in [-0.1, -0.05) is 24.3 Å². The number of anilines is 2. The van der Waals surface area contributed by atoms with Crippen LogP contribution in [0.5, 0.6) is 0 Å². The van der Waals surface area contributed by atoms with Crippen molar-refractivity contribution >= 4 is 23.2 Å². The molecule has 0 spiro atoms. The van der Waals surface area contributed by atoms with Gasteiger partial charge < -0.3 is 10.2 Å². The van der Waals surface area contributed by atoms with E-state index in [-0.39, 0.29) is 0 Å². The lowest BCUT2D eigenvalue weighted by atomic mass is 10.2. The van der Waals surface area contributed by atoms with Crippen molar-refractivity contribution in [3.63, 3.8) is 0 Å². The SMILES string of the molecule is CCN(C(=O)CC(=O)Nc1c(F)cccc1F)c1ccccc1. The van der Waals surface area contributed by atoms with Crippen molar-refractivity contribution in [2.45, 2.75) is 13.3 Å². The zero-order chi connectivity index (χ0) is 16.8. The molecule has 0 saturated heterocycles. The van der Waals surface area contributed by atoms with Gasteiger partial charge in [-0.25, -0.2) is 8.78 Å². The van der Waals surface area contributed by atoms with Crippen molar-refractivity contribution in [3.05, 3.63) is 60.2 Å². The predicted molar refractivity (Wildman–Crippen MR) is 84.1 cm³/mol. The number of carbonyl (C=O) groups is 2. The molecule has 0 heterocycles. The Hall–Kier alpha value is -2.76. The van der Waals surface area contributed by atoms with E-state index >= 15 is 0 Å². The van der Waals surface area contributed by atoms with Crippen LogP contribution in [0.3, 0.4) is 0 Å². The fraction of sp³-hybridized carbons (Fsp3) is 0.176. The third-order valence-electron chi connectivity index (χ3n) is 3.22. The summed E-state index contributed by atoms with van der Waals surface area (Å²) in [6.45, 7) is 2.16. The molecule has 4 nitrogen and oxygen atoms in total. The zero-order valence-corrected chi connectivity index (χ0v) is 12.6. The molecule has 0 aliphatic heterocycles. The van der Waals surface area contributed by atoms with Crippen LogP contribution in [0.25, 0.3) is 0 Å². The van der Waals surface area contributed by atoms with Gasteiger partial charge in [-0.3, -0.25) is 9.59 Å². The second-order valence-corrected chi connectivity index (χ2v) is 4.80. The fourth-order valence-corrected chi connectivity index (χ4v) is 2.14. The molecule has 2 aromatic carbocycles. The maximum atomic E-state index is 13.5. The summed E-state index contributed by atoms with van der Waals surface area (Å²) in [6.07, 6.45) is -0.503. The number of halogens is 2. The highest BCUT2D eigenvalue weighted by Gasteiger charge is 2.19. The number of carbonyl (C=O) groups excluding carboxylic acids is 2. The van der Waals surface area contributed by atoms with Gasteiger partial charge >= 0.3 is 0 Å². The molecule has 0 aromatic heterocycles. The van der Waals surface area contributed by atoms with Gasteiger partial charge in [-0.15, -0.1) is 0 Å². The number of para-hydroxylation sites is 2. The minimum atomic E-state index is -0.888. The van der Waals surface area contributed by atoms with Crippen LogP contribution in [-0.2, 0) is 9.59 Å². The molecule has 120 valence electrons. The highest BCUT2D eigenvalue weighted by atomic mass is 19.1. The molecule has 23 heavy (non-hydrogen) atoms. The third kappa shape index (κ3) is 4.12.